The molecule has 0 bridgehead atoms. The Hall–Kier alpha value is -1.91. The summed E-state index contributed by atoms with van der Waals surface area (Å²) >= 11 is 0. The SMILES string of the molecule is O=C1CCC(C(=O)N2CCCc3cccc(F)c32)N1. The van der Waals surface area contributed by atoms with Crippen molar-refractivity contribution < 1.29 is 14.0 Å². The fraction of sp³-hybridized carbons (Fsp3) is 0.429. The molecule has 2 aliphatic heterocycles. The molecule has 0 aliphatic carbocycles. The average molecular weight is 262 g/mol. The first-order chi connectivity index (χ1) is 9.16. The van der Waals surface area contributed by atoms with Gasteiger partial charge in [0.1, 0.15) is 11.9 Å². The number of hydrogen-bond donors (Lipinski definition) is 1. The number of aryl methyl sites for hydroxylation is 1. The molecular weight excluding hydrogens is 247 g/mol. The number of nitrogens with one attached hydrogen (secondary N) is 1. The maximum atomic E-state index is 14.0. The van der Waals surface area contributed by atoms with E-state index in [1.54, 1.807) is 6.07 Å². The number of halogens is 1. The monoisotopic (exact) mass is 262 g/mol. The summed E-state index contributed by atoms with van der Waals surface area (Å²) in [4.78, 5) is 25.1. The summed E-state index contributed by atoms with van der Waals surface area (Å²) in [5.41, 5.74) is 1.25. The summed E-state index contributed by atoms with van der Waals surface area (Å²) < 4.78 is 14.0. The van der Waals surface area contributed by atoms with E-state index in [4.69, 9.17) is 0 Å². The van der Waals surface area contributed by atoms with E-state index in [0.29, 0.717) is 25.1 Å². The lowest BCUT2D eigenvalue weighted by Crippen LogP contribution is -2.46. The third-order valence-corrected chi connectivity index (χ3v) is 3.73. The number of fused-ring (bicyclic) bond motifs is 1. The lowest BCUT2D eigenvalue weighted by Gasteiger charge is -2.31. The number of carbonyl (C=O) groups excluding carboxylic acids is 2. The molecule has 2 amide bonds. The second kappa shape index (κ2) is 4.64. The Morgan fingerprint density at radius 3 is 2.95 bits per heavy atom. The molecule has 0 spiro atoms. The molecule has 1 fully saturated rings. The molecule has 0 saturated carbocycles. The molecule has 1 unspecified atom stereocenters. The summed E-state index contributed by atoms with van der Waals surface area (Å²) in [6.07, 6.45) is 2.48. The fourth-order valence-electron chi connectivity index (χ4n) is 2.81. The van der Waals surface area contributed by atoms with E-state index >= 15 is 0 Å². The number of benzene rings is 1. The van der Waals surface area contributed by atoms with Crippen LogP contribution in [0.4, 0.5) is 10.1 Å². The van der Waals surface area contributed by atoms with E-state index in [-0.39, 0.29) is 17.6 Å². The number of hydrogen-bond acceptors (Lipinski definition) is 2. The first kappa shape index (κ1) is 12.1. The van der Waals surface area contributed by atoms with Crippen LogP contribution in [0.1, 0.15) is 24.8 Å². The van der Waals surface area contributed by atoms with Crippen molar-refractivity contribution in [2.24, 2.45) is 0 Å². The van der Waals surface area contributed by atoms with Gasteiger partial charge in [0.25, 0.3) is 0 Å². The lowest BCUT2D eigenvalue weighted by molar-refractivity contribution is -0.124. The van der Waals surface area contributed by atoms with Crippen LogP contribution in [0.3, 0.4) is 0 Å². The Kier molecular flexibility index (Phi) is 2.97. The third kappa shape index (κ3) is 2.09. The van der Waals surface area contributed by atoms with Crippen molar-refractivity contribution in [2.45, 2.75) is 31.7 Å². The molecule has 1 N–H and O–H groups in total. The quantitative estimate of drug-likeness (QED) is 0.831. The molecule has 0 aromatic heterocycles. The molecule has 1 aromatic rings. The van der Waals surface area contributed by atoms with Crippen molar-refractivity contribution in [1.82, 2.24) is 5.32 Å². The van der Waals surface area contributed by atoms with Gasteiger partial charge in [0.2, 0.25) is 11.8 Å². The topological polar surface area (TPSA) is 49.4 Å². The van der Waals surface area contributed by atoms with Gasteiger partial charge in [-0.1, -0.05) is 12.1 Å². The molecule has 19 heavy (non-hydrogen) atoms. The number of rotatable bonds is 1. The van der Waals surface area contributed by atoms with Crippen LogP contribution < -0.4 is 10.2 Å². The van der Waals surface area contributed by atoms with Crippen molar-refractivity contribution in [3.8, 4) is 0 Å². The number of anilines is 1. The highest BCUT2D eigenvalue weighted by Gasteiger charge is 2.34. The summed E-state index contributed by atoms with van der Waals surface area (Å²) in [5, 5.41) is 2.65. The summed E-state index contributed by atoms with van der Waals surface area (Å²) in [7, 11) is 0. The first-order valence-electron chi connectivity index (χ1n) is 6.55. The molecule has 100 valence electrons. The van der Waals surface area contributed by atoms with Crippen molar-refractivity contribution in [3.63, 3.8) is 0 Å². The van der Waals surface area contributed by atoms with Crippen LogP contribution in [-0.2, 0) is 16.0 Å². The molecule has 0 radical (unpaired) electrons. The van der Waals surface area contributed by atoms with Crippen molar-refractivity contribution >= 4 is 17.5 Å². The fourth-order valence-corrected chi connectivity index (χ4v) is 2.81. The van der Waals surface area contributed by atoms with Gasteiger partial charge in [-0.2, -0.15) is 0 Å². The van der Waals surface area contributed by atoms with Gasteiger partial charge < -0.3 is 10.2 Å². The smallest absolute Gasteiger partial charge is 0.249 e. The molecule has 5 heteroatoms. The Morgan fingerprint density at radius 1 is 1.37 bits per heavy atom. The zero-order chi connectivity index (χ0) is 13.4. The van der Waals surface area contributed by atoms with E-state index in [0.717, 1.165) is 18.4 Å². The zero-order valence-electron chi connectivity index (χ0n) is 10.5. The van der Waals surface area contributed by atoms with E-state index in [1.807, 2.05) is 6.07 Å². The number of carbonyl (C=O) groups is 2. The minimum atomic E-state index is -0.502. The molecule has 1 atom stereocenters. The second-order valence-corrected chi connectivity index (χ2v) is 5.00. The highest BCUT2D eigenvalue weighted by Crippen LogP contribution is 2.31. The number of nitrogens with zero attached hydrogens (tertiary/aromatic N) is 1. The largest absolute Gasteiger partial charge is 0.344 e. The van der Waals surface area contributed by atoms with Crippen molar-refractivity contribution in [1.29, 1.82) is 0 Å². The van der Waals surface area contributed by atoms with Crippen LogP contribution in [-0.4, -0.2) is 24.4 Å². The Labute approximate surface area is 110 Å². The highest BCUT2D eigenvalue weighted by atomic mass is 19.1. The van der Waals surface area contributed by atoms with E-state index in [2.05, 4.69) is 5.32 Å². The Morgan fingerprint density at radius 2 is 2.21 bits per heavy atom. The van der Waals surface area contributed by atoms with Gasteiger partial charge >= 0.3 is 0 Å². The van der Waals surface area contributed by atoms with E-state index < -0.39 is 6.04 Å². The summed E-state index contributed by atoms with van der Waals surface area (Å²) in [5.74, 6) is -0.670. The van der Waals surface area contributed by atoms with Gasteiger partial charge in [-0.05, 0) is 30.9 Å². The molecule has 3 rings (SSSR count). The van der Waals surface area contributed by atoms with Gasteiger partial charge in [0.15, 0.2) is 0 Å². The van der Waals surface area contributed by atoms with E-state index in [1.165, 1.54) is 11.0 Å². The highest BCUT2D eigenvalue weighted by molar-refractivity contribution is 6.01. The van der Waals surface area contributed by atoms with Crippen LogP contribution in [0.25, 0.3) is 0 Å². The molecule has 1 aromatic carbocycles. The van der Waals surface area contributed by atoms with Crippen LogP contribution in [0.5, 0.6) is 0 Å². The van der Waals surface area contributed by atoms with Gasteiger partial charge in [0, 0.05) is 13.0 Å². The van der Waals surface area contributed by atoms with Crippen LogP contribution in [0.2, 0.25) is 0 Å². The van der Waals surface area contributed by atoms with Gasteiger partial charge in [-0.3, -0.25) is 9.59 Å². The van der Waals surface area contributed by atoms with Crippen molar-refractivity contribution in [3.05, 3.63) is 29.6 Å². The predicted octanol–water partition coefficient (Wildman–Crippen LogP) is 1.38. The zero-order valence-corrected chi connectivity index (χ0v) is 10.5. The minimum absolute atomic E-state index is 0.107. The minimum Gasteiger partial charge on any atom is -0.344 e. The lowest BCUT2D eigenvalue weighted by atomic mass is 10.0. The van der Waals surface area contributed by atoms with Crippen LogP contribution >= 0.6 is 0 Å². The maximum Gasteiger partial charge on any atom is 0.249 e. The summed E-state index contributed by atoms with van der Waals surface area (Å²) in [6.45, 7) is 0.513. The third-order valence-electron chi connectivity index (χ3n) is 3.73. The molecule has 4 nitrogen and oxygen atoms in total. The predicted molar refractivity (Wildman–Crippen MR) is 68.2 cm³/mol. The van der Waals surface area contributed by atoms with Crippen LogP contribution in [0.15, 0.2) is 18.2 Å². The maximum absolute atomic E-state index is 14.0. The van der Waals surface area contributed by atoms with Gasteiger partial charge in [0.05, 0.1) is 5.69 Å². The van der Waals surface area contributed by atoms with Gasteiger partial charge in [-0.25, -0.2) is 4.39 Å². The normalized spacial score (nSPS) is 22.1. The standard InChI is InChI=1S/C14H15FN2O2/c15-10-5-1-3-9-4-2-8-17(13(9)10)14(19)11-6-7-12(18)16-11/h1,3,5,11H,2,4,6-8H2,(H,16,18). The number of amides is 2. The van der Waals surface area contributed by atoms with E-state index in [9.17, 15) is 14.0 Å². The molecular formula is C14H15FN2O2. The summed E-state index contributed by atoms with van der Waals surface area (Å²) in [6, 6.07) is 4.39. The van der Waals surface area contributed by atoms with Crippen molar-refractivity contribution in [2.75, 3.05) is 11.4 Å². The molecule has 2 heterocycles. The number of para-hydroxylation sites is 1. The van der Waals surface area contributed by atoms with Crippen LogP contribution in [0, 0.1) is 5.82 Å². The Balaban J connectivity index is 1.91. The second-order valence-electron chi connectivity index (χ2n) is 5.00. The Bertz CT molecular complexity index is 544. The first-order valence-corrected chi connectivity index (χ1v) is 6.55. The molecule has 1 saturated heterocycles. The van der Waals surface area contributed by atoms with Gasteiger partial charge in [-0.15, -0.1) is 0 Å². The average Bonchev–Trinajstić information content (AvgIpc) is 2.84. The molecule has 2 aliphatic rings.